The van der Waals surface area contributed by atoms with E-state index in [0.717, 1.165) is 5.56 Å². The van der Waals surface area contributed by atoms with Gasteiger partial charge >= 0.3 is 0 Å². The summed E-state index contributed by atoms with van der Waals surface area (Å²) in [6.07, 6.45) is 0. The third-order valence-corrected chi connectivity index (χ3v) is 4.57. The first-order valence-electron chi connectivity index (χ1n) is 7.88. The number of halogens is 1. The summed E-state index contributed by atoms with van der Waals surface area (Å²) >= 11 is 1.27. The lowest BCUT2D eigenvalue weighted by Gasteiger charge is -2.13. The first-order chi connectivity index (χ1) is 13.0. The molecule has 1 amide bonds. The highest BCUT2D eigenvalue weighted by Gasteiger charge is 2.19. The van der Waals surface area contributed by atoms with Gasteiger partial charge in [0.1, 0.15) is 11.6 Å². The maximum absolute atomic E-state index is 13.0. The van der Waals surface area contributed by atoms with Crippen LogP contribution in [0.25, 0.3) is 11.3 Å². The van der Waals surface area contributed by atoms with E-state index in [4.69, 9.17) is 14.2 Å². The maximum Gasteiger partial charge on any atom is 0.261 e. The van der Waals surface area contributed by atoms with Gasteiger partial charge in [-0.1, -0.05) is 0 Å². The molecular formula is C19H17FN2O4S. The molecule has 0 bridgehead atoms. The zero-order chi connectivity index (χ0) is 19.4. The van der Waals surface area contributed by atoms with Gasteiger partial charge < -0.3 is 14.2 Å². The van der Waals surface area contributed by atoms with E-state index in [9.17, 15) is 9.18 Å². The molecule has 0 spiro atoms. The van der Waals surface area contributed by atoms with E-state index in [1.165, 1.54) is 44.8 Å². The molecular weight excluding hydrogens is 371 g/mol. The Labute approximate surface area is 159 Å². The average molecular weight is 388 g/mol. The largest absolute Gasteiger partial charge is 0.496 e. The van der Waals surface area contributed by atoms with E-state index in [0.29, 0.717) is 28.1 Å². The van der Waals surface area contributed by atoms with Gasteiger partial charge in [-0.3, -0.25) is 10.1 Å². The highest BCUT2D eigenvalue weighted by molar-refractivity contribution is 7.14. The Morgan fingerprint density at radius 2 is 1.63 bits per heavy atom. The molecule has 8 heteroatoms. The van der Waals surface area contributed by atoms with Gasteiger partial charge in [-0.2, -0.15) is 0 Å². The summed E-state index contributed by atoms with van der Waals surface area (Å²) in [5.41, 5.74) is 1.69. The number of rotatable bonds is 6. The van der Waals surface area contributed by atoms with Gasteiger partial charge in [-0.05, 0) is 24.3 Å². The van der Waals surface area contributed by atoms with E-state index in [2.05, 4.69) is 10.3 Å². The number of nitrogens with zero attached hydrogens (tertiary/aromatic N) is 1. The number of carbonyl (C=O) groups is 1. The Hall–Kier alpha value is -3.13. The molecule has 1 heterocycles. The Morgan fingerprint density at radius 3 is 2.26 bits per heavy atom. The van der Waals surface area contributed by atoms with Crippen molar-refractivity contribution in [3.63, 3.8) is 0 Å². The van der Waals surface area contributed by atoms with Crippen LogP contribution in [0.3, 0.4) is 0 Å². The second-order valence-corrected chi connectivity index (χ2v) is 6.26. The number of hydrogen-bond acceptors (Lipinski definition) is 6. The zero-order valence-electron chi connectivity index (χ0n) is 14.9. The van der Waals surface area contributed by atoms with Crippen molar-refractivity contribution in [3.05, 3.63) is 53.2 Å². The van der Waals surface area contributed by atoms with E-state index in [1.54, 1.807) is 29.6 Å². The van der Waals surface area contributed by atoms with Crippen LogP contribution in [-0.2, 0) is 0 Å². The highest BCUT2D eigenvalue weighted by Crippen LogP contribution is 2.35. The molecule has 0 radical (unpaired) electrons. The first-order valence-corrected chi connectivity index (χ1v) is 8.76. The summed E-state index contributed by atoms with van der Waals surface area (Å²) in [5, 5.41) is 4.94. The van der Waals surface area contributed by atoms with Crippen molar-refractivity contribution in [1.82, 2.24) is 4.98 Å². The van der Waals surface area contributed by atoms with Crippen molar-refractivity contribution in [2.24, 2.45) is 0 Å². The molecule has 27 heavy (non-hydrogen) atoms. The van der Waals surface area contributed by atoms with Gasteiger partial charge in [0.05, 0.1) is 32.6 Å². The number of benzene rings is 2. The third-order valence-electron chi connectivity index (χ3n) is 3.81. The molecule has 0 saturated heterocycles. The molecule has 0 aliphatic carbocycles. The van der Waals surface area contributed by atoms with Crippen LogP contribution < -0.4 is 19.5 Å². The Kier molecular flexibility index (Phi) is 5.56. The molecule has 2 aromatic carbocycles. The summed E-state index contributed by atoms with van der Waals surface area (Å²) < 4.78 is 28.8. The lowest BCUT2D eigenvalue weighted by molar-refractivity contribution is 0.102. The van der Waals surface area contributed by atoms with Gasteiger partial charge in [0.25, 0.3) is 5.91 Å². The molecule has 1 aromatic heterocycles. The number of methoxy groups -OCH3 is 3. The SMILES string of the molecule is COc1cc(OC)c(C(=O)Nc2nc(-c3ccc(F)cc3)cs2)cc1OC. The predicted molar refractivity (Wildman–Crippen MR) is 102 cm³/mol. The van der Waals surface area contributed by atoms with E-state index < -0.39 is 5.91 Å². The fraction of sp³-hybridized carbons (Fsp3) is 0.158. The number of nitrogens with one attached hydrogen (secondary N) is 1. The molecule has 0 saturated carbocycles. The Morgan fingerprint density at radius 1 is 1.00 bits per heavy atom. The van der Waals surface area contributed by atoms with Crippen molar-refractivity contribution in [2.75, 3.05) is 26.6 Å². The number of hydrogen-bond donors (Lipinski definition) is 1. The minimum atomic E-state index is -0.396. The topological polar surface area (TPSA) is 69.7 Å². The normalized spacial score (nSPS) is 10.4. The quantitative estimate of drug-likeness (QED) is 0.684. The summed E-state index contributed by atoms with van der Waals surface area (Å²) in [7, 11) is 4.46. The molecule has 3 aromatic rings. The fourth-order valence-electron chi connectivity index (χ4n) is 2.46. The van der Waals surface area contributed by atoms with Gasteiger partial charge in [-0.25, -0.2) is 9.37 Å². The molecule has 0 unspecified atom stereocenters. The van der Waals surface area contributed by atoms with E-state index in [1.807, 2.05) is 0 Å². The monoisotopic (exact) mass is 388 g/mol. The smallest absolute Gasteiger partial charge is 0.261 e. The van der Waals surface area contributed by atoms with Gasteiger partial charge in [0, 0.05) is 23.1 Å². The number of anilines is 1. The average Bonchev–Trinajstić information content (AvgIpc) is 3.15. The zero-order valence-corrected chi connectivity index (χ0v) is 15.7. The molecule has 0 aliphatic heterocycles. The predicted octanol–water partition coefficient (Wildman–Crippen LogP) is 4.23. The van der Waals surface area contributed by atoms with Crippen molar-refractivity contribution in [3.8, 4) is 28.5 Å². The Bertz CT molecular complexity index is 957. The second kappa shape index (κ2) is 8.05. The third kappa shape index (κ3) is 4.01. The number of thiazole rings is 1. The lowest BCUT2D eigenvalue weighted by Crippen LogP contribution is -2.13. The lowest BCUT2D eigenvalue weighted by atomic mass is 10.1. The van der Waals surface area contributed by atoms with Crippen molar-refractivity contribution in [2.45, 2.75) is 0 Å². The minimum absolute atomic E-state index is 0.286. The van der Waals surface area contributed by atoms with Crippen LogP contribution in [0, 0.1) is 5.82 Å². The molecule has 3 rings (SSSR count). The molecule has 0 aliphatic rings. The van der Waals surface area contributed by atoms with Crippen molar-refractivity contribution < 1.29 is 23.4 Å². The minimum Gasteiger partial charge on any atom is -0.496 e. The van der Waals surface area contributed by atoms with Crippen LogP contribution >= 0.6 is 11.3 Å². The van der Waals surface area contributed by atoms with Crippen LogP contribution in [0.2, 0.25) is 0 Å². The maximum atomic E-state index is 13.0. The second-order valence-electron chi connectivity index (χ2n) is 5.41. The highest BCUT2D eigenvalue weighted by atomic mass is 32.1. The van der Waals surface area contributed by atoms with Crippen molar-refractivity contribution in [1.29, 1.82) is 0 Å². The summed E-state index contributed by atoms with van der Waals surface area (Å²) in [6, 6.07) is 9.12. The molecule has 1 N–H and O–H groups in total. The van der Waals surface area contributed by atoms with Crippen LogP contribution in [0.5, 0.6) is 17.2 Å². The molecule has 6 nitrogen and oxygen atoms in total. The summed E-state index contributed by atoms with van der Waals surface area (Å²) in [6.45, 7) is 0. The van der Waals surface area contributed by atoms with Gasteiger partial charge in [-0.15, -0.1) is 11.3 Å². The standard InChI is InChI=1S/C19H17FN2O4S/c1-24-15-9-17(26-3)16(25-2)8-13(15)18(23)22-19-21-14(10-27-19)11-4-6-12(20)7-5-11/h4-10H,1-3H3,(H,21,22,23). The van der Waals surface area contributed by atoms with Gasteiger partial charge in [0.2, 0.25) is 0 Å². The number of carbonyl (C=O) groups excluding carboxylic acids is 1. The molecule has 0 atom stereocenters. The Balaban J connectivity index is 1.84. The summed E-state index contributed by atoms with van der Waals surface area (Å²) in [4.78, 5) is 17.1. The number of amides is 1. The van der Waals surface area contributed by atoms with E-state index in [-0.39, 0.29) is 11.4 Å². The van der Waals surface area contributed by atoms with Crippen LogP contribution in [0.15, 0.2) is 41.8 Å². The summed E-state index contributed by atoms with van der Waals surface area (Å²) in [5.74, 6) is 0.504. The fourth-order valence-corrected chi connectivity index (χ4v) is 3.17. The first kappa shape index (κ1) is 18.7. The van der Waals surface area contributed by atoms with Crippen molar-refractivity contribution >= 4 is 22.4 Å². The van der Waals surface area contributed by atoms with Gasteiger partial charge in [0.15, 0.2) is 16.6 Å². The van der Waals surface area contributed by atoms with Crippen LogP contribution in [0.1, 0.15) is 10.4 Å². The van der Waals surface area contributed by atoms with E-state index >= 15 is 0 Å². The number of ether oxygens (including phenoxy) is 3. The van der Waals surface area contributed by atoms with Crippen LogP contribution in [-0.4, -0.2) is 32.2 Å². The molecule has 140 valence electrons. The number of aromatic nitrogens is 1. The molecule has 0 fully saturated rings. The van der Waals surface area contributed by atoms with Crippen LogP contribution in [0.4, 0.5) is 9.52 Å².